The molecule has 1 amide bonds. The number of anilines is 1. The Morgan fingerprint density at radius 2 is 1.93 bits per heavy atom. The zero-order valence-corrected chi connectivity index (χ0v) is 15.0. The van der Waals surface area contributed by atoms with Gasteiger partial charge in [-0.25, -0.2) is 14.1 Å². The number of aromatic nitrogens is 3. The van der Waals surface area contributed by atoms with E-state index < -0.39 is 5.82 Å². The van der Waals surface area contributed by atoms with Gasteiger partial charge in [-0.2, -0.15) is 5.10 Å². The quantitative estimate of drug-likeness (QED) is 0.556. The fraction of sp³-hybridized carbons (Fsp3) is 0.0500. The Morgan fingerprint density at radius 1 is 1.11 bits per heavy atom. The number of para-hydroxylation sites is 1. The van der Waals surface area contributed by atoms with E-state index >= 15 is 0 Å². The highest BCUT2D eigenvalue weighted by atomic mass is 35.5. The Kier molecular flexibility index (Phi) is 4.33. The predicted molar refractivity (Wildman–Crippen MR) is 103 cm³/mol. The number of carbonyl (C=O) groups excluding carboxylic acids is 1. The van der Waals surface area contributed by atoms with Crippen molar-refractivity contribution in [1.29, 1.82) is 0 Å². The van der Waals surface area contributed by atoms with E-state index in [1.54, 1.807) is 25.1 Å². The third-order valence-electron chi connectivity index (χ3n) is 4.25. The van der Waals surface area contributed by atoms with E-state index in [9.17, 15) is 9.18 Å². The van der Waals surface area contributed by atoms with Crippen LogP contribution in [0.1, 0.15) is 16.1 Å². The highest BCUT2D eigenvalue weighted by Crippen LogP contribution is 2.23. The highest BCUT2D eigenvalue weighted by molar-refractivity contribution is 6.30. The number of pyridine rings is 1. The standard InChI is InChI=1S/C20H14ClFN4O/c1-12-14(11-23-26(12)17-8-4-6-15(21)19(17)22)20(27)25-18-10-9-13-5-2-3-7-16(13)24-18/h2-11H,1H3,(H,24,25,27). The molecule has 0 atom stereocenters. The normalized spacial score (nSPS) is 10.9. The van der Waals surface area contributed by atoms with Crippen molar-refractivity contribution in [2.24, 2.45) is 0 Å². The van der Waals surface area contributed by atoms with Gasteiger partial charge in [-0.05, 0) is 37.3 Å². The number of nitrogens with one attached hydrogen (secondary N) is 1. The first-order valence-corrected chi connectivity index (χ1v) is 8.58. The Bertz CT molecular complexity index is 1170. The zero-order valence-electron chi connectivity index (χ0n) is 14.3. The summed E-state index contributed by atoms with van der Waals surface area (Å²) in [5.41, 5.74) is 1.78. The molecule has 7 heteroatoms. The van der Waals surface area contributed by atoms with Crippen molar-refractivity contribution < 1.29 is 9.18 Å². The number of nitrogens with zero attached hydrogens (tertiary/aromatic N) is 3. The van der Waals surface area contributed by atoms with Gasteiger partial charge in [-0.15, -0.1) is 0 Å². The van der Waals surface area contributed by atoms with Crippen molar-refractivity contribution in [2.75, 3.05) is 5.32 Å². The second-order valence-electron chi connectivity index (χ2n) is 5.97. The monoisotopic (exact) mass is 380 g/mol. The fourth-order valence-corrected chi connectivity index (χ4v) is 3.02. The average Bonchev–Trinajstić information content (AvgIpc) is 3.05. The van der Waals surface area contributed by atoms with Crippen molar-refractivity contribution in [3.05, 3.63) is 82.9 Å². The van der Waals surface area contributed by atoms with Gasteiger partial charge >= 0.3 is 0 Å². The maximum Gasteiger partial charge on any atom is 0.260 e. The van der Waals surface area contributed by atoms with Crippen LogP contribution < -0.4 is 5.32 Å². The third-order valence-corrected chi connectivity index (χ3v) is 4.55. The number of rotatable bonds is 3. The van der Waals surface area contributed by atoms with Crippen molar-refractivity contribution in [2.45, 2.75) is 6.92 Å². The van der Waals surface area contributed by atoms with Crippen molar-refractivity contribution >= 4 is 34.2 Å². The smallest absolute Gasteiger partial charge is 0.260 e. The van der Waals surface area contributed by atoms with Crippen LogP contribution >= 0.6 is 11.6 Å². The van der Waals surface area contributed by atoms with Gasteiger partial charge in [0.05, 0.1) is 28.0 Å². The maximum atomic E-state index is 14.3. The lowest BCUT2D eigenvalue weighted by molar-refractivity contribution is 0.102. The molecule has 4 rings (SSSR count). The molecule has 0 aliphatic heterocycles. The van der Waals surface area contributed by atoms with E-state index in [4.69, 9.17) is 11.6 Å². The van der Waals surface area contributed by atoms with Crippen LogP contribution in [0.25, 0.3) is 16.6 Å². The summed E-state index contributed by atoms with van der Waals surface area (Å²) in [4.78, 5) is 17.1. The first-order valence-electron chi connectivity index (χ1n) is 8.21. The Morgan fingerprint density at radius 3 is 2.78 bits per heavy atom. The minimum atomic E-state index is -0.589. The van der Waals surface area contributed by atoms with Gasteiger partial charge in [-0.3, -0.25) is 4.79 Å². The van der Waals surface area contributed by atoms with E-state index in [0.29, 0.717) is 17.1 Å². The lowest BCUT2D eigenvalue weighted by atomic mass is 10.2. The number of benzene rings is 2. The first kappa shape index (κ1) is 17.2. The summed E-state index contributed by atoms with van der Waals surface area (Å²) in [6.45, 7) is 1.69. The van der Waals surface area contributed by atoms with Gasteiger partial charge in [0.2, 0.25) is 0 Å². The SMILES string of the molecule is Cc1c(C(=O)Nc2ccc3ccccc3n2)cnn1-c1cccc(Cl)c1F. The van der Waals surface area contributed by atoms with E-state index in [-0.39, 0.29) is 16.6 Å². The maximum absolute atomic E-state index is 14.3. The van der Waals surface area contributed by atoms with Crippen molar-refractivity contribution in [1.82, 2.24) is 14.8 Å². The number of fused-ring (bicyclic) bond motifs is 1. The highest BCUT2D eigenvalue weighted by Gasteiger charge is 2.18. The molecule has 0 saturated heterocycles. The number of hydrogen-bond acceptors (Lipinski definition) is 3. The molecular formula is C20H14ClFN4O. The van der Waals surface area contributed by atoms with Crippen LogP contribution in [0.2, 0.25) is 5.02 Å². The van der Waals surface area contributed by atoms with Crippen LogP contribution in [-0.2, 0) is 0 Å². The molecule has 4 aromatic rings. The van der Waals surface area contributed by atoms with Gasteiger partial charge in [0.25, 0.3) is 5.91 Å². The first-order chi connectivity index (χ1) is 13.0. The van der Waals surface area contributed by atoms with E-state index in [2.05, 4.69) is 15.4 Å². The van der Waals surface area contributed by atoms with E-state index in [1.807, 2.05) is 30.3 Å². The van der Waals surface area contributed by atoms with Crippen LogP contribution in [0.15, 0.2) is 60.8 Å². The molecule has 0 unspecified atom stereocenters. The number of halogens is 2. The molecular weight excluding hydrogens is 367 g/mol. The van der Waals surface area contributed by atoms with Gasteiger partial charge in [0.15, 0.2) is 5.82 Å². The number of amides is 1. The molecule has 2 aromatic heterocycles. The van der Waals surface area contributed by atoms with Crippen molar-refractivity contribution in [3.8, 4) is 5.69 Å². The minimum Gasteiger partial charge on any atom is -0.306 e. The molecule has 0 fully saturated rings. The molecule has 0 saturated carbocycles. The summed E-state index contributed by atoms with van der Waals surface area (Å²) in [7, 11) is 0. The summed E-state index contributed by atoms with van der Waals surface area (Å²) in [6.07, 6.45) is 1.39. The fourth-order valence-electron chi connectivity index (χ4n) is 2.85. The molecule has 2 aromatic carbocycles. The molecule has 134 valence electrons. The topological polar surface area (TPSA) is 59.8 Å². The molecule has 0 radical (unpaired) electrons. The van der Waals surface area contributed by atoms with Gasteiger partial charge in [0.1, 0.15) is 11.5 Å². The molecule has 0 spiro atoms. The second kappa shape index (κ2) is 6.81. The zero-order chi connectivity index (χ0) is 19.0. The van der Waals surface area contributed by atoms with E-state index in [0.717, 1.165) is 10.9 Å². The Hall–Kier alpha value is -3.25. The lowest BCUT2D eigenvalue weighted by Gasteiger charge is -2.08. The van der Waals surface area contributed by atoms with Crippen LogP contribution in [0.5, 0.6) is 0 Å². The lowest BCUT2D eigenvalue weighted by Crippen LogP contribution is -2.14. The van der Waals surface area contributed by atoms with Crippen LogP contribution in [-0.4, -0.2) is 20.7 Å². The number of carbonyl (C=O) groups is 1. The minimum absolute atomic E-state index is 0.00577. The Balaban J connectivity index is 1.64. The van der Waals surface area contributed by atoms with E-state index in [1.165, 1.54) is 16.9 Å². The van der Waals surface area contributed by atoms with Crippen LogP contribution in [0.4, 0.5) is 10.2 Å². The van der Waals surface area contributed by atoms with Gasteiger partial charge < -0.3 is 5.32 Å². The Labute approximate surface area is 159 Å². The molecule has 2 heterocycles. The summed E-state index contributed by atoms with van der Waals surface area (Å²) < 4.78 is 15.6. The molecule has 0 aliphatic rings. The molecule has 27 heavy (non-hydrogen) atoms. The summed E-state index contributed by atoms with van der Waals surface area (Å²) in [5, 5.41) is 7.87. The van der Waals surface area contributed by atoms with Crippen LogP contribution in [0.3, 0.4) is 0 Å². The summed E-state index contributed by atoms with van der Waals surface area (Å²) in [6, 6.07) is 15.9. The summed E-state index contributed by atoms with van der Waals surface area (Å²) in [5.74, 6) is -0.530. The second-order valence-corrected chi connectivity index (χ2v) is 6.38. The summed E-state index contributed by atoms with van der Waals surface area (Å²) >= 11 is 5.84. The van der Waals surface area contributed by atoms with Crippen LogP contribution in [0, 0.1) is 12.7 Å². The predicted octanol–water partition coefficient (Wildman–Crippen LogP) is 4.77. The van der Waals surface area contributed by atoms with Gasteiger partial charge in [0, 0.05) is 5.39 Å². The van der Waals surface area contributed by atoms with Crippen molar-refractivity contribution in [3.63, 3.8) is 0 Å². The largest absolute Gasteiger partial charge is 0.306 e. The molecule has 5 nitrogen and oxygen atoms in total. The number of hydrogen-bond donors (Lipinski definition) is 1. The average molecular weight is 381 g/mol. The molecule has 0 bridgehead atoms. The molecule has 0 aliphatic carbocycles. The third kappa shape index (κ3) is 3.15. The van der Waals surface area contributed by atoms with Gasteiger partial charge in [-0.1, -0.05) is 35.9 Å². The molecule has 1 N–H and O–H groups in total.